The normalized spacial score (nSPS) is 8.05. The van der Waals surface area contributed by atoms with E-state index in [0.29, 0.717) is 11.4 Å². The van der Waals surface area contributed by atoms with Crippen molar-refractivity contribution in [1.82, 2.24) is 0 Å². The molecule has 0 radical (unpaired) electrons. The Labute approximate surface area is 166 Å². The third-order valence-corrected chi connectivity index (χ3v) is 2.30. The molecule has 19 heavy (non-hydrogen) atoms. The van der Waals surface area contributed by atoms with Crippen LogP contribution in [0, 0.1) is 0 Å². The first kappa shape index (κ1) is 21.5. The maximum absolute atomic E-state index is 11.6. The van der Waals surface area contributed by atoms with Gasteiger partial charge in [-0.15, -0.1) is 4.20 Å². The Bertz CT molecular complexity index is 500. The number of hydrogen-bond donors (Lipinski definition) is 1. The molecule has 0 atom stereocenters. The van der Waals surface area contributed by atoms with Crippen LogP contribution in [-0.2, 0) is 17.4 Å². The van der Waals surface area contributed by atoms with Crippen molar-refractivity contribution >= 4 is 46.5 Å². The predicted molar refractivity (Wildman–Crippen MR) is 73.5 cm³/mol. The van der Waals surface area contributed by atoms with Crippen LogP contribution < -0.4 is 69.2 Å². The third-order valence-electron chi connectivity index (χ3n) is 1.89. The summed E-state index contributed by atoms with van der Waals surface area (Å²) in [5, 5.41) is 11.2. The van der Waals surface area contributed by atoms with E-state index in [1.807, 2.05) is 0 Å². The summed E-state index contributed by atoms with van der Waals surface area (Å²) in [5.41, 5.74) is 0.306. The van der Waals surface area contributed by atoms with Gasteiger partial charge in [-0.1, -0.05) is 0 Å². The molecule has 0 aromatic heterocycles. The van der Waals surface area contributed by atoms with E-state index in [4.69, 9.17) is 10.1 Å². The van der Waals surface area contributed by atoms with E-state index in [0.717, 1.165) is 0 Å². The number of hydrogen-bond acceptors (Lipinski definition) is 4. The van der Waals surface area contributed by atoms with Crippen molar-refractivity contribution < 1.29 is 68.6 Å². The molecule has 0 saturated heterocycles. The summed E-state index contributed by atoms with van der Waals surface area (Å²) in [6.07, 6.45) is 0. The van der Waals surface area contributed by atoms with Crippen LogP contribution in [0.4, 0.5) is 5.69 Å². The number of ether oxygens (including phenoxy) is 1. The molecule has 1 aromatic rings. The van der Waals surface area contributed by atoms with Gasteiger partial charge >= 0.3 is 59.1 Å². The molecule has 0 aliphatic rings. The average molecular weight is 310 g/mol. The summed E-state index contributed by atoms with van der Waals surface area (Å²) >= 11 is 9.25. The number of rotatable bonds is 4. The molecule has 1 amide bonds. The molecule has 1 rings (SSSR count). The second-order valence-corrected chi connectivity index (χ2v) is 4.03. The number of methoxy groups -OCH3 is 1. The summed E-state index contributed by atoms with van der Waals surface area (Å²) in [6.45, 7) is 0. The number of carbonyl (C=O) groups is 1. The molecule has 4 nitrogen and oxygen atoms in total. The molecule has 0 bridgehead atoms. The number of amides is 1. The van der Waals surface area contributed by atoms with Crippen molar-refractivity contribution in [2.75, 3.05) is 12.4 Å². The molecular formula is C11H8N2Na2O2S2. The summed E-state index contributed by atoms with van der Waals surface area (Å²) < 4.78 is 4.83. The minimum Gasteiger partial charge on any atom is -0.763 e. The van der Waals surface area contributed by atoms with Crippen molar-refractivity contribution in [3.05, 3.63) is 35.2 Å². The molecule has 0 saturated carbocycles. The van der Waals surface area contributed by atoms with Gasteiger partial charge in [-0.25, -0.2) is 0 Å². The second kappa shape index (κ2) is 11.0. The van der Waals surface area contributed by atoms with Gasteiger partial charge in [-0.05, 0) is 24.3 Å². The van der Waals surface area contributed by atoms with Gasteiger partial charge in [0.15, 0.2) is 0 Å². The van der Waals surface area contributed by atoms with Crippen LogP contribution in [0.15, 0.2) is 29.8 Å². The summed E-state index contributed by atoms with van der Waals surface area (Å²) in [5.74, 6) is 1.75. The predicted octanol–water partition coefficient (Wildman–Crippen LogP) is -4.32. The van der Waals surface area contributed by atoms with E-state index >= 15 is 0 Å². The topological polar surface area (TPSA) is 60.6 Å². The average Bonchev–Trinajstić information content (AvgIpc) is 2.30. The van der Waals surface area contributed by atoms with Gasteiger partial charge in [-0.3, -0.25) is 10.7 Å². The number of nitrogens with one attached hydrogen (secondary N) is 1. The largest absolute Gasteiger partial charge is 1.00 e. The first-order chi connectivity index (χ1) is 8.08. The van der Waals surface area contributed by atoms with Crippen molar-refractivity contribution in [2.45, 2.75) is 0 Å². The quantitative estimate of drug-likeness (QED) is 0.201. The van der Waals surface area contributed by atoms with Crippen LogP contribution in [0.3, 0.4) is 0 Å². The zero-order valence-corrected chi connectivity index (χ0v) is 16.5. The minimum atomic E-state index is -0.599. The Morgan fingerprint density at radius 3 is 2.26 bits per heavy atom. The summed E-state index contributed by atoms with van der Waals surface area (Å²) in [7, 11) is 1.55. The minimum absolute atomic E-state index is 0. The summed E-state index contributed by atoms with van der Waals surface area (Å²) in [4.78, 5) is 11.6. The fourth-order valence-corrected chi connectivity index (χ4v) is 1.33. The van der Waals surface area contributed by atoms with E-state index < -0.39 is 5.91 Å². The van der Waals surface area contributed by atoms with Crippen LogP contribution in [0.1, 0.15) is 0 Å². The number of benzene rings is 1. The fraction of sp³-hybridized carbons (Fsp3) is 0.0909. The Hall–Kier alpha value is 0.250. The number of thiocarbonyl (C=S) groups is 1. The van der Waals surface area contributed by atoms with Crippen LogP contribution in [0.5, 0.6) is 5.75 Å². The zero-order valence-electron chi connectivity index (χ0n) is 10.9. The van der Waals surface area contributed by atoms with E-state index in [1.165, 1.54) is 0 Å². The van der Waals surface area contributed by atoms with Gasteiger partial charge in [0, 0.05) is 11.3 Å². The number of anilines is 1. The van der Waals surface area contributed by atoms with Gasteiger partial charge in [0.1, 0.15) is 5.75 Å². The van der Waals surface area contributed by atoms with Gasteiger partial charge in [0.05, 0.1) is 7.11 Å². The van der Waals surface area contributed by atoms with Crippen LogP contribution in [0.2, 0.25) is 0 Å². The molecule has 1 aromatic carbocycles. The summed E-state index contributed by atoms with van der Waals surface area (Å²) in [6, 6.07) is 6.68. The number of nitrogens with zero attached hydrogens (tertiary/aromatic N) is 1. The van der Waals surface area contributed by atoms with Gasteiger partial charge < -0.3 is 40.3 Å². The molecule has 0 spiro atoms. The molecular weight excluding hydrogens is 302 g/mol. The van der Waals surface area contributed by atoms with Crippen LogP contribution >= 0.6 is 12.2 Å². The SMILES string of the molecule is COc1ccc(NC(=O)C(=C=[N-])C(=S)[S-])cc1.[Na+].[Na+]. The van der Waals surface area contributed by atoms with Gasteiger partial charge in [0.2, 0.25) is 0 Å². The maximum atomic E-state index is 11.6. The molecule has 1 N–H and O–H groups in total. The standard InChI is InChI=1S/C11H9N2O2S2.2Na/c1-15-8-4-2-7(3-5-8)13-10(14)9(6-12)11(16)17;;/h2-5H,1H3,(H,13,14)(H,16,17);;/q-1;2*+1/p-1. The first-order valence-corrected chi connectivity index (χ1v) is 5.34. The Kier molecular flexibility index (Phi) is 12.4. The molecule has 8 heteroatoms. The Balaban J connectivity index is 0. The second-order valence-electron chi connectivity index (χ2n) is 2.96. The maximum Gasteiger partial charge on any atom is 1.00 e. The zero-order chi connectivity index (χ0) is 12.8. The Morgan fingerprint density at radius 1 is 1.37 bits per heavy atom. The monoisotopic (exact) mass is 310 g/mol. The number of carbonyl (C=O) groups excluding carboxylic acids is 1. The molecule has 0 fully saturated rings. The molecule has 0 heterocycles. The Morgan fingerprint density at radius 2 is 1.89 bits per heavy atom. The van der Waals surface area contributed by atoms with Crippen LogP contribution in [-0.4, -0.2) is 23.1 Å². The van der Waals surface area contributed by atoms with E-state index in [9.17, 15) is 4.79 Å². The molecule has 0 aliphatic carbocycles. The van der Waals surface area contributed by atoms with Crippen molar-refractivity contribution in [2.24, 2.45) is 0 Å². The first-order valence-electron chi connectivity index (χ1n) is 4.52. The van der Waals surface area contributed by atoms with Crippen molar-refractivity contribution in [3.63, 3.8) is 0 Å². The van der Waals surface area contributed by atoms with E-state index in [2.05, 4.69) is 30.2 Å². The van der Waals surface area contributed by atoms with E-state index in [1.54, 1.807) is 37.2 Å². The van der Waals surface area contributed by atoms with Crippen molar-refractivity contribution in [3.8, 4) is 5.75 Å². The third kappa shape index (κ3) is 6.99. The fourth-order valence-electron chi connectivity index (χ4n) is 1.06. The molecule has 0 aliphatic heterocycles. The van der Waals surface area contributed by atoms with Crippen LogP contribution in [0.25, 0.3) is 5.41 Å². The van der Waals surface area contributed by atoms with Gasteiger partial charge in [0.25, 0.3) is 5.91 Å². The molecule has 0 unspecified atom stereocenters. The van der Waals surface area contributed by atoms with Crippen molar-refractivity contribution in [1.29, 1.82) is 0 Å². The smallest absolute Gasteiger partial charge is 0.763 e. The van der Waals surface area contributed by atoms with Gasteiger partial charge in [-0.2, -0.15) is 0 Å². The van der Waals surface area contributed by atoms with E-state index in [-0.39, 0.29) is 68.9 Å². The molecule has 88 valence electrons.